The van der Waals surface area contributed by atoms with Crippen molar-refractivity contribution in [2.75, 3.05) is 25.0 Å². The summed E-state index contributed by atoms with van der Waals surface area (Å²) in [4.78, 5) is 40.8. The van der Waals surface area contributed by atoms with E-state index in [1.54, 1.807) is 47.1 Å². The predicted molar refractivity (Wildman–Crippen MR) is 156 cm³/mol. The Kier molecular flexibility index (Phi) is 6.85. The third kappa shape index (κ3) is 4.99. The van der Waals surface area contributed by atoms with Crippen LogP contribution in [0.5, 0.6) is 0 Å². The second-order valence-electron chi connectivity index (χ2n) is 10.8. The Labute approximate surface area is 248 Å². The van der Waals surface area contributed by atoms with E-state index >= 15 is 0 Å². The van der Waals surface area contributed by atoms with Gasteiger partial charge in [0, 0.05) is 6.42 Å². The molecule has 0 atom stereocenters. The van der Waals surface area contributed by atoms with Crippen LogP contribution in [0.15, 0.2) is 53.6 Å². The fraction of sp³-hybridized carbons (Fsp3) is 0.310. The molecule has 4 aromatic rings. The van der Waals surface area contributed by atoms with Crippen molar-refractivity contribution in [2.45, 2.75) is 30.1 Å². The Bertz CT molecular complexity index is 1790. The van der Waals surface area contributed by atoms with Crippen molar-refractivity contribution < 1.29 is 9.53 Å². The third-order valence-electron chi connectivity index (χ3n) is 7.53. The van der Waals surface area contributed by atoms with Gasteiger partial charge in [0.15, 0.2) is 0 Å². The van der Waals surface area contributed by atoms with Gasteiger partial charge >= 0.3 is 231 Å². The number of nitrogens with zero attached hydrogens (tertiary/aromatic N) is 6. The van der Waals surface area contributed by atoms with Crippen molar-refractivity contribution in [1.82, 2.24) is 24.4 Å². The van der Waals surface area contributed by atoms with Crippen molar-refractivity contribution in [2.24, 2.45) is 7.05 Å². The average Bonchev–Trinajstić information content (AvgIpc) is 2.90. The van der Waals surface area contributed by atoms with Crippen LogP contribution < -0.4 is 15.2 Å². The van der Waals surface area contributed by atoms with Gasteiger partial charge < -0.3 is 4.74 Å². The number of halogens is 1. The number of carbonyl (C=O) groups is 1. The molecule has 2 aliphatic rings. The van der Waals surface area contributed by atoms with E-state index in [1.807, 2.05) is 18.2 Å². The van der Waals surface area contributed by atoms with E-state index in [-0.39, 0.29) is 37.7 Å². The Hall–Kier alpha value is -3.77. The summed E-state index contributed by atoms with van der Waals surface area (Å²) in [6.45, 7) is 5.93. The summed E-state index contributed by atoms with van der Waals surface area (Å²) in [5, 5.41) is 14.0. The number of nitrogens with one attached hydrogen (secondary N) is 1. The summed E-state index contributed by atoms with van der Waals surface area (Å²) in [7, 11) is 1.74. The van der Waals surface area contributed by atoms with E-state index in [9.17, 15) is 14.9 Å². The van der Waals surface area contributed by atoms with Crippen molar-refractivity contribution in [3.63, 3.8) is 0 Å². The quantitative estimate of drug-likeness (QED) is 0.255. The first kappa shape index (κ1) is 27.4. The van der Waals surface area contributed by atoms with Crippen molar-refractivity contribution in [1.29, 1.82) is 5.26 Å². The number of aryl methyl sites for hydroxylation is 1. The van der Waals surface area contributed by atoms with Gasteiger partial charge in [-0.1, -0.05) is 0 Å². The van der Waals surface area contributed by atoms with Crippen molar-refractivity contribution in [3.05, 3.63) is 81.4 Å². The average molecular weight is 631 g/mol. The maximum atomic E-state index is 13.1. The Morgan fingerprint density at radius 2 is 1.95 bits per heavy atom. The molecule has 1 aromatic carbocycles. The molecule has 6 rings (SSSR count). The van der Waals surface area contributed by atoms with Gasteiger partial charge in [0.05, 0.1) is 6.61 Å². The molecule has 1 amide bonds. The first-order valence-corrected chi connectivity index (χ1v) is 15.3. The molecule has 1 radical (unpaired) electrons. The van der Waals surface area contributed by atoms with Crippen molar-refractivity contribution >= 4 is 59.9 Å². The number of nitriles is 1. The van der Waals surface area contributed by atoms with E-state index in [0.29, 0.717) is 24.5 Å². The van der Waals surface area contributed by atoms with Gasteiger partial charge in [-0.05, 0) is 0 Å². The van der Waals surface area contributed by atoms with Gasteiger partial charge in [0.25, 0.3) is 0 Å². The number of rotatable bonds is 6. The number of likely N-dealkylation sites (tertiary alicyclic amines) is 1. The normalized spacial score (nSPS) is 16.0. The van der Waals surface area contributed by atoms with Crippen LogP contribution in [-0.2, 0) is 16.0 Å². The molecule has 207 valence electrons. The summed E-state index contributed by atoms with van der Waals surface area (Å²) < 4.78 is 7.83. The second-order valence-corrected chi connectivity index (χ2v) is 15.0. The maximum absolute atomic E-state index is 13.1. The number of aromatic nitrogens is 4. The molecular weight excluding hydrogens is 605 g/mol. The number of ether oxygens (including phenoxy) is 1. The summed E-state index contributed by atoms with van der Waals surface area (Å²) >= 11 is 5.82. The van der Waals surface area contributed by atoms with Crippen LogP contribution in [0.4, 0.5) is 11.4 Å². The predicted octanol–water partition coefficient (Wildman–Crippen LogP) is 2.87. The van der Waals surface area contributed by atoms with E-state index in [2.05, 4.69) is 40.2 Å². The molecule has 12 heteroatoms. The third-order valence-corrected chi connectivity index (χ3v) is 10.7. The van der Waals surface area contributed by atoms with Crippen LogP contribution in [0, 0.1) is 11.3 Å². The Morgan fingerprint density at radius 3 is 2.61 bits per heavy atom. The summed E-state index contributed by atoms with van der Waals surface area (Å²) in [6.07, 6.45) is 4.39. The van der Waals surface area contributed by atoms with Crippen LogP contribution in [0.1, 0.15) is 42.1 Å². The van der Waals surface area contributed by atoms with Crippen molar-refractivity contribution in [3.8, 4) is 6.07 Å². The molecule has 1 spiro atoms. The van der Waals surface area contributed by atoms with Crippen LogP contribution in [-0.4, -0.2) is 71.4 Å². The number of carbonyl (C=O) groups excluding carboxylic acids is 1. The number of hydrogen-bond donors (Lipinski definition) is 1. The van der Waals surface area contributed by atoms with Gasteiger partial charge in [-0.3, -0.25) is 0 Å². The second kappa shape index (κ2) is 10.3. The Morgan fingerprint density at radius 1 is 1.22 bits per heavy atom. The van der Waals surface area contributed by atoms with Gasteiger partial charge in [-0.2, -0.15) is 0 Å². The topological polar surface area (TPSA) is 126 Å². The van der Waals surface area contributed by atoms with Crippen LogP contribution >= 0.6 is 11.6 Å². The molecule has 0 bridgehead atoms. The SMILES string of the molecule is Cn1c(=O)cc([As]C(C)(C)c2ncccn2)c2cc(Nc3cc(C(=O)N4CC5(CCO5)C4)nc(Cl)c3C#N)ccc21. The molecule has 2 fully saturated rings. The van der Waals surface area contributed by atoms with E-state index in [4.69, 9.17) is 16.3 Å². The molecule has 41 heavy (non-hydrogen) atoms. The first-order chi connectivity index (χ1) is 19.6. The van der Waals surface area contributed by atoms with E-state index in [0.717, 1.165) is 34.1 Å². The molecule has 2 aliphatic heterocycles. The zero-order valence-electron chi connectivity index (χ0n) is 22.7. The van der Waals surface area contributed by atoms with Gasteiger partial charge in [-0.15, -0.1) is 0 Å². The fourth-order valence-corrected chi connectivity index (χ4v) is 8.11. The molecule has 2 saturated heterocycles. The zero-order valence-corrected chi connectivity index (χ0v) is 25.3. The number of benzene rings is 1. The first-order valence-electron chi connectivity index (χ1n) is 13.0. The van der Waals surface area contributed by atoms with E-state index in [1.165, 1.54) is 0 Å². The summed E-state index contributed by atoms with van der Waals surface area (Å²) in [6, 6.07) is 12.8. The number of anilines is 2. The molecule has 10 nitrogen and oxygen atoms in total. The minimum atomic E-state index is -0.562. The molecular formula is C29H26AsClN7O3. The van der Waals surface area contributed by atoms with Crippen LogP contribution in [0.2, 0.25) is 5.15 Å². The molecule has 0 unspecified atom stereocenters. The van der Waals surface area contributed by atoms with Crippen LogP contribution in [0.3, 0.4) is 0 Å². The minimum absolute atomic E-state index is 0.0468. The molecule has 3 aromatic heterocycles. The Balaban J connectivity index is 1.35. The fourth-order valence-electron chi connectivity index (χ4n) is 5.16. The van der Waals surface area contributed by atoms with Gasteiger partial charge in [0.1, 0.15) is 0 Å². The van der Waals surface area contributed by atoms with E-state index < -0.39 is 15.8 Å². The van der Waals surface area contributed by atoms with Crippen LogP contribution in [0.25, 0.3) is 10.9 Å². The standard InChI is InChI=1S/C29H26AsClN7O3/c1-28(2,27-33-8-4-9-34-27)30-20-12-24(39)37(3)23-6-5-17(11-18(20)23)35-21-13-22(36-25(31)19(21)14-32)26(40)38-15-29(16-38)7-10-41-29/h4-6,8-9,11-13H,7,10,15-16H2,1-3H3,(H,35,36). The molecule has 0 aliphatic carbocycles. The summed E-state index contributed by atoms with van der Waals surface area (Å²) in [5.74, 6) is 0.466. The molecule has 1 N–H and O–H groups in total. The zero-order chi connectivity index (χ0) is 28.9. The molecule has 0 saturated carbocycles. The monoisotopic (exact) mass is 630 g/mol. The number of hydrogen-bond acceptors (Lipinski definition) is 8. The number of amides is 1. The molecule has 5 heterocycles. The van der Waals surface area contributed by atoms with Gasteiger partial charge in [0.2, 0.25) is 0 Å². The summed E-state index contributed by atoms with van der Waals surface area (Å²) in [5.41, 5.74) is 1.83. The number of fused-ring (bicyclic) bond motifs is 1. The van der Waals surface area contributed by atoms with Gasteiger partial charge in [-0.25, -0.2) is 0 Å². The number of pyridine rings is 2.